The Labute approximate surface area is 95.0 Å². The SMILES string of the molecule is CCOC(=O)C(C)NCCO.[Na]. The molecule has 0 aliphatic heterocycles. The second kappa shape index (κ2) is 9.48. The molecule has 12 heavy (non-hydrogen) atoms. The van der Waals surface area contributed by atoms with E-state index in [-0.39, 0.29) is 48.2 Å². The molecular weight excluding hydrogens is 169 g/mol. The Kier molecular flexibility index (Phi) is 11.8. The first kappa shape index (κ1) is 14.9. The molecule has 67 valence electrons. The first-order valence-corrected chi connectivity index (χ1v) is 3.73. The number of aliphatic hydroxyl groups is 1. The van der Waals surface area contributed by atoms with Crippen LogP contribution in [0.2, 0.25) is 0 Å². The van der Waals surface area contributed by atoms with E-state index in [9.17, 15) is 4.79 Å². The summed E-state index contributed by atoms with van der Waals surface area (Å²) in [6.45, 7) is 4.30. The topological polar surface area (TPSA) is 58.6 Å². The van der Waals surface area contributed by atoms with E-state index in [1.165, 1.54) is 0 Å². The number of hydrogen-bond donors (Lipinski definition) is 2. The molecule has 0 fully saturated rings. The number of rotatable bonds is 5. The van der Waals surface area contributed by atoms with Crippen LogP contribution < -0.4 is 5.32 Å². The number of carbonyl (C=O) groups excluding carboxylic acids is 1. The van der Waals surface area contributed by atoms with Crippen LogP contribution in [-0.4, -0.2) is 66.4 Å². The molecule has 0 saturated carbocycles. The van der Waals surface area contributed by atoms with Crippen molar-refractivity contribution >= 4 is 35.5 Å². The molecule has 0 heterocycles. The van der Waals surface area contributed by atoms with Crippen molar-refractivity contribution in [1.82, 2.24) is 5.32 Å². The Hall–Kier alpha value is 0.390. The van der Waals surface area contributed by atoms with Gasteiger partial charge in [-0.05, 0) is 13.8 Å². The summed E-state index contributed by atoms with van der Waals surface area (Å²) in [5, 5.41) is 11.2. The van der Waals surface area contributed by atoms with Crippen molar-refractivity contribution in [3.05, 3.63) is 0 Å². The summed E-state index contributed by atoms with van der Waals surface area (Å²) in [4.78, 5) is 10.9. The molecule has 0 aromatic carbocycles. The quantitative estimate of drug-likeness (QED) is 0.431. The summed E-state index contributed by atoms with van der Waals surface area (Å²) in [7, 11) is 0. The molecule has 1 radical (unpaired) electrons. The van der Waals surface area contributed by atoms with Gasteiger partial charge in [-0.2, -0.15) is 0 Å². The van der Waals surface area contributed by atoms with Gasteiger partial charge in [0.1, 0.15) is 6.04 Å². The fourth-order valence-corrected chi connectivity index (χ4v) is 0.632. The maximum absolute atomic E-state index is 10.9. The number of aliphatic hydroxyl groups excluding tert-OH is 1. The van der Waals surface area contributed by atoms with Crippen LogP contribution in [0.25, 0.3) is 0 Å². The average Bonchev–Trinajstić information content (AvgIpc) is 2.00. The monoisotopic (exact) mass is 184 g/mol. The molecular formula is C7H15NNaO3. The van der Waals surface area contributed by atoms with Crippen molar-refractivity contribution < 1.29 is 14.6 Å². The second-order valence-corrected chi connectivity index (χ2v) is 2.15. The summed E-state index contributed by atoms with van der Waals surface area (Å²) < 4.78 is 4.72. The zero-order valence-electron chi connectivity index (χ0n) is 7.96. The Morgan fingerprint density at radius 2 is 2.25 bits per heavy atom. The van der Waals surface area contributed by atoms with Gasteiger partial charge in [-0.25, -0.2) is 0 Å². The molecule has 0 rings (SSSR count). The summed E-state index contributed by atoms with van der Waals surface area (Å²) in [5.41, 5.74) is 0. The van der Waals surface area contributed by atoms with Gasteiger partial charge in [0.05, 0.1) is 13.2 Å². The van der Waals surface area contributed by atoms with Crippen molar-refractivity contribution in [2.24, 2.45) is 0 Å². The third-order valence-electron chi connectivity index (χ3n) is 1.20. The molecule has 0 aliphatic rings. The predicted molar refractivity (Wildman–Crippen MR) is 46.9 cm³/mol. The van der Waals surface area contributed by atoms with E-state index in [0.717, 1.165) is 0 Å². The maximum atomic E-state index is 10.9. The minimum absolute atomic E-state index is 0. The molecule has 4 nitrogen and oxygen atoms in total. The molecule has 1 unspecified atom stereocenters. The van der Waals surface area contributed by atoms with Crippen molar-refractivity contribution in [2.75, 3.05) is 19.8 Å². The summed E-state index contributed by atoms with van der Waals surface area (Å²) in [6.07, 6.45) is 0. The van der Waals surface area contributed by atoms with E-state index in [1.807, 2.05) is 0 Å². The van der Waals surface area contributed by atoms with Gasteiger partial charge in [-0.3, -0.25) is 4.79 Å². The molecule has 0 amide bonds. The minimum Gasteiger partial charge on any atom is -0.465 e. The molecule has 0 saturated heterocycles. The van der Waals surface area contributed by atoms with Crippen molar-refractivity contribution in [2.45, 2.75) is 19.9 Å². The van der Waals surface area contributed by atoms with Gasteiger partial charge >= 0.3 is 5.97 Å². The van der Waals surface area contributed by atoms with Gasteiger partial charge in [0, 0.05) is 36.1 Å². The Balaban J connectivity index is 0. The standard InChI is InChI=1S/C7H15NO3.Na/c1-3-11-7(10)6(2)8-4-5-9;/h6,8-9H,3-5H2,1-2H3;. The smallest absolute Gasteiger partial charge is 0.322 e. The van der Waals surface area contributed by atoms with Crippen LogP contribution in [0, 0.1) is 0 Å². The van der Waals surface area contributed by atoms with Crippen molar-refractivity contribution in [1.29, 1.82) is 0 Å². The Morgan fingerprint density at radius 3 is 2.67 bits per heavy atom. The van der Waals surface area contributed by atoms with E-state index in [2.05, 4.69) is 5.32 Å². The predicted octanol–water partition coefficient (Wildman–Crippen LogP) is -0.861. The molecule has 5 heteroatoms. The minimum atomic E-state index is -0.331. The van der Waals surface area contributed by atoms with Gasteiger partial charge in [0.25, 0.3) is 0 Å². The van der Waals surface area contributed by atoms with Gasteiger partial charge in [0.2, 0.25) is 0 Å². The number of nitrogens with one attached hydrogen (secondary N) is 1. The molecule has 2 N–H and O–H groups in total. The zero-order valence-corrected chi connectivity index (χ0v) is 9.96. The average molecular weight is 184 g/mol. The Morgan fingerprint density at radius 1 is 1.67 bits per heavy atom. The molecule has 0 aromatic rings. The first-order chi connectivity index (χ1) is 5.22. The van der Waals surface area contributed by atoms with Crippen LogP contribution in [0.5, 0.6) is 0 Å². The normalized spacial score (nSPS) is 11.6. The zero-order chi connectivity index (χ0) is 8.69. The van der Waals surface area contributed by atoms with Crippen molar-refractivity contribution in [3.63, 3.8) is 0 Å². The van der Waals surface area contributed by atoms with Crippen LogP contribution >= 0.6 is 0 Å². The van der Waals surface area contributed by atoms with Crippen LogP contribution in [0.4, 0.5) is 0 Å². The van der Waals surface area contributed by atoms with Gasteiger partial charge in [-0.1, -0.05) is 0 Å². The molecule has 1 atom stereocenters. The summed E-state index contributed by atoms with van der Waals surface area (Å²) in [6, 6.07) is -0.331. The fraction of sp³-hybridized carbons (Fsp3) is 0.857. The van der Waals surface area contributed by atoms with Crippen LogP contribution in [0.3, 0.4) is 0 Å². The van der Waals surface area contributed by atoms with Crippen molar-refractivity contribution in [3.8, 4) is 0 Å². The largest absolute Gasteiger partial charge is 0.465 e. The van der Waals surface area contributed by atoms with E-state index in [0.29, 0.717) is 13.2 Å². The maximum Gasteiger partial charge on any atom is 0.322 e. The van der Waals surface area contributed by atoms with E-state index >= 15 is 0 Å². The van der Waals surface area contributed by atoms with Gasteiger partial charge in [0.15, 0.2) is 0 Å². The number of carbonyl (C=O) groups is 1. The molecule has 0 aliphatic carbocycles. The van der Waals surface area contributed by atoms with Crippen LogP contribution in [0.1, 0.15) is 13.8 Å². The Bertz CT molecular complexity index is 121. The molecule has 0 aromatic heterocycles. The second-order valence-electron chi connectivity index (χ2n) is 2.15. The van der Waals surface area contributed by atoms with Crippen LogP contribution in [0.15, 0.2) is 0 Å². The van der Waals surface area contributed by atoms with Crippen LogP contribution in [-0.2, 0) is 9.53 Å². The molecule has 0 bridgehead atoms. The van der Waals surface area contributed by atoms with Gasteiger partial charge < -0.3 is 15.2 Å². The number of ether oxygens (including phenoxy) is 1. The van der Waals surface area contributed by atoms with E-state index in [4.69, 9.17) is 9.84 Å². The third kappa shape index (κ3) is 7.06. The summed E-state index contributed by atoms with van der Waals surface area (Å²) in [5.74, 6) is -0.277. The summed E-state index contributed by atoms with van der Waals surface area (Å²) >= 11 is 0. The number of esters is 1. The number of hydrogen-bond acceptors (Lipinski definition) is 4. The fourth-order valence-electron chi connectivity index (χ4n) is 0.632. The van der Waals surface area contributed by atoms with E-state index < -0.39 is 0 Å². The van der Waals surface area contributed by atoms with Gasteiger partial charge in [-0.15, -0.1) is 0 Å². The first-order valence-electron chi connectivity index (χ1n) is 3.73. The third-order valence-corrected chi connectivity index (χ3v) is 1.20. The molecule has 0 spiro atoms. The van der Waals surface area contributed by atoms with E-state index in [1.54, 1.807) is 13.8 Å².